The standard InChI is InChI=1S/C22H43O6P/c1-2-3-4-5-6-7-8-9-10-11-12-13-14-15-16-17-18-19-21(22(23)24)20-28-29(25,26)27/h19H,2-18,20H2,1H3,(H,23,24)(H2,25,26,27). The molecule has 29 heavy (non-hydrogen) atoms. The summed E-state index contributed by atoms with van der Waals surface area (Å²) in [6.45, 7) is 1.69. The van der Waals surface area contributed by atoms with E-state index in [-0.39, 0.29) is 5.57 Å². The van der Waals surface area contributed by atoms with Gasteiger partial charge in [0.1, 0.15) is 0 Å². The average molecular weight is 435 g/mol. The van der Waals surface area contributed by atoms with Crippen molar-refractivity contribution in [1.82, 2.24) is 0 Å². The lowest BCUT2D eigenvalue weighted by atomic mass is 10.0. The van der Waals surface area contributed by atoms with E-state index in [1.807, 2.05) is 0 Å². The number of hydrogen-bond acceptors (Lipinski definition) is 3. The van der Waals surface area contributed by atoms with Crippen LogP contribution >= 0.6 is 7.82 Å². The molecule has 0 atom stereocenters. The summed E-state index contributed by atoms with van der Waals surface area (Å²) in [6.07, 6.45) is 22.7. The molecule has 0 fully saturated rings. The lowest BCUT2D eigenvalue weighted by Crippen LogP contribution is -2.07. The highest BCUT2D eigenvalue weighted by molar-refractivity contribution is 7.46. The quantitative estimate of drug-likeness (QED) is 0.105. The molecule has 0 aliphatic rings. The Bertz CT molecular complexity index is 472. The topological polar surface area (TPSA) is 104 Å². The summed E-state index contributed by atoms with van der Waals surface area (Å²) in [6, 6.07) is 0. The van der Waals surface area contributed by atoms with Crippen LogP contribution in [0.25, 0.3) is 0 Å². The molecule has 0 bridgehead atoms. The van der Waals surface area contributed by atoms with E-state index in [1.165, 1.54) is 89.5 Å². The van der Waals surface area contributed by atoms with Crippen molar-refractivity contribution in [3.8, 4) is 0 Å². The van der Waals surface area contributed by atoms with E-state index in [2.05, 4.69) is 11.4 Å². The fourth-order valence-corrected chi connectivity index (χ4v) is 3.64. The minimum atomic E-state index is -4.64. The zero-order valence-electron chi connectivity index (χ0n) is 18.3. The molecule has 6 nitrogen and oxygen atoms in total. The monoisotopic (exact) mass is 434 g/mol. The first kappa shape index (κ1) is 28.3. The number of carboxylic acids is 1. The number of phosphoric acid groups is 1. The van der Waals surface area contributed by atoms with Gasteiger partial charge in [-0.15, -0.1) is 0 Å². The van der Waals surface area contributed by atoms with Crippen molar-refractivity contribution in [3.63, 3.8) is 0 Å². The van der Waals surface area contributed by atoms with Crippen LogP contribution in [0.2, 0.25) is 0 Å². The second-order valence-electron chi connectivity index (χ2n) is 7.89. The summed E-state index contributed by atoms with van der Waals surface area (Å²) in [5.41, 5.74) is -0.103. The van der Waals surface area contributed by atoms with Gasteiger partial charge in [0.2, 0.25) is 0 Å². The summed E-state index contributed by atoms with van der Waals surface area (Å²) < 4.78 is 14.9. The Hall–Kier alpha value is -0.680. The molecule has 172 valence electrons. The van der Waals surface area contributed by atoms with E-state index in [0.717, 1.165) is 19.3 Å². The van der Waals surface area contributed by atoms with Crippen LogP contribution in [0.3, 0.4) is 0 Å². The summed E-state index contributed by atoms with van der Waals surface area (Å²) >= 11 is 0. The van der Waals surface area contributed by atoms with Gasteiger partial charge in [-0.05, 0) is 12.8 Å². The number of carbonyl (C=O) groups is 1. The molecule has 0 rings (SSSR count). The zero-order chi connectivity index (χ0) is 21.8. The fraction of sp³-hybridized carbons (Fsp3) is 0.864. The minimum absolute atomic E-state index is 0.103. The van der Waals surface area contributed by atoms with Crippen LogP contribution in [0.4, 0.5) is 0 Å². The lowest BCUT2D eigenvalue weighted by Gasteiger charge is -2.06. The van der Waals surface area contributed by atoms with Crippen molar-refractivity contribution >= 4 is 13.8 Å². The molecular formula is C22H43O6P. The van der Waals surface area contributed by atoms with Crippen LogP contribution in [-0.4, -0.2) is 27.5 Å². The first-order valence-corrected chi connectivity index (χ1v) is 13.0. The van der Waals surface area contributed by atoms with E-state index in [4.69, 9.17) is 14.9 Å². The molecular weight excluding hydrogens is 391 g/mol. The van der Waals surface area contributed by atoms with Gasteiger partial charge in [0.25, 0.3) is 0 Å². The normalized spacial score (nSPS) is 12.4. The Morgan fingerprint density at radius 1 is 0.759 bits per heavy atom. The van der Waals surface area contributed by atoms with Gasteiger partial charge < -0.3 is 14.9 Å². The van der Waals surface area contributed by atoms with Crippen molar-refractivity contribution < 1.29 is 28.8 Å². The first-order chi connectivity index (χ1) is 13.9. The van der Waals surface area contributed by atoms with Crippen LogP contribution in [-0.2, 0) is 13.9 Å². The largest absolute Gasteiger partial charge is 0.478 e. The number of allylic oxidation sites excluding steroid dienone is 1. The van der Waals surface area contributed by atoms with Crippen LogP contribution < -0.4 is 0 Å². The van der Waals surface area contributed by atoms with E-state index >= 15 is 0 Å². The van der Waals surface area contributed by atoms with Crippen molar-refractivity contribution in [3.05, 3.63) is 11.6 Å². The Morgan fingerprint density at radius 2 is 1.14 bits per heavy atom. The Kier molecular flexibility index (Phi) is 18.8. The highest BCUT2D eigenvalue weighted by Gasteiger charge is 2.17. The molecule has 0 aliphatic carbocycles. The Balaban J connectivity index is 3.45. The molecule has 7 heteroatoms. The predicted octanol–water partition coefficient (Wildman–Crippen LogP) is 6.76. The van der Waals surface area contributed by atoms with Crippen molar-refractivity contribution in [1.29, 1.82) is 0 Å². The van der Waals surface area contributed by atoms with Crippen molar-refractivity contribution in [2.45, 2.75) is 116 Å². The molecule has 0 aromatic heterocycles. The third-order valence-electron chi connectivity index (χ3n) is 5.11. The summed E-state index contributed by atoms with van der Waals surface area (Å²) in [4.78, 5) is 28.3. The SMILES string of the molecule is CCCCCCCCCCCCCCCCCCC=C(COP(=O)(O)O)C(=O)O. The Labute approximate surface area is 177 Å². The van der Waals surface area contributed by atoms with E-state index in [9.17, 15) is 9.36 Å². The highest BCUT2D eigenvalue weighted by atomic mass is 31.2. The van der Waals surface area contributed by atoms with Gasteiger partial charge in [0.15, 0.2) is 0 Å². The third kappa shape index (κ3) is 21.8. The first-order valence-electron chi connectivity index (χ1n) is 11.5. The van der Waals surface area contributed by atoms with Crippen LogP contribution in [0.5, 0.6) is 0 Å². The molecule has 0 saturated heterocycles. The molecule has 0 saturated carbocycles. The molecule has 0 aromatic carbocycles. The van der Waals surface area contributed by atoms with Gasteiger partial charge in [-0.2, -0.15) is 0 Å². The highest BCUT2D eigenvalue weighted by Crippen LogP contribution is 2.36. The average Bonchev–Trinajstić information content (AvgIpc) is 2.65. The molecule has 0 amide bonds. The van der Waals surface area contributed by atoms with Gasteiger partial charge in [0, 0.05) is 0 Å². The van der Waals surface area contributed by atoms with Crippen LogP contribution in [0.1, 0.15) is 116 Å². The van der Waals surface area contributed by atoms with Crippen LogP contribution in [0.15, 0.2) is 11.6 Å². The number of phosphoric ester groups is 1. The lowest BCUT2D eigenvalue weighted by molar-refractivity contribution is -0.133. The second kappa shape index (κ2) is 19.3. The second-order valence-corrected chi connectivity index (χ2v) is 9.13. The summed E-state index contributed by atoms with van der Waals surface area (Å²) in [5, 5.41) is 9.00. The smallest absolute Gasteiger partial charge is 0.469 e. The van der Waals surface area contributed by atoms with Crippen molar-refractivity contribution in [2.24, 2.45) is 0 Å². The fourth-order valence-electron chi connectivity index (χ4n) is 3.33. The molecule has 3 N–H and O–H groups in total. The third-order valence-corrected chi connectivity index (χ3v) is 5.58. The van der Waals surface area contributed by atoms with Gasteiger partial charge in [-0.25, -0.2) is 9.36 Å². The molecule has 0 aliphatic heterocycles. The minimum Gasteiger partial charge on any atom is -0.478 e. The van der Waals surface area contributed by atoms with Gasteiger partial charge in [-0.1, -0.05) is 109 Å². The van der Waals surface area contributed by atoms with Gasteiger partial charge in [-0.3, -0.25) is 4.52 Å². The molecule has 0 heterocycles. The predicted molar refractivity (Wildman–Crippen MR) is 118 cm³/mol. The molecule has 0 unspecified atom stereocenters. The van der Waals surface area contributed by atoms with Crippen molar-refractivity contribution in [2.75, 3.05) is 6.61 Å². The number of hydrogen-bond donors (Lipinski definition) is 3. The van der Waals surface area contributed by atoms with Crippen LogP contribution in [0, 0.1) is 0 Å². The van der Waals surface area contributed by atoms with E-state index in [0.29, 0.717) is 6.42 Å². The molecule has 0 spiro atoms. The number of carboxylic acid groups (broad SMARTS) is 1. The van der Waals surface area contributed by atoms with E-state index < -0.39 is 20.4 Å². The maximum Gasteiger partial charge on any atom is 0.469 e. The van der Waals surface area contributed by atoms with Gasteiger partial charge >= 0.3 is 13.8 Å². The molecule has 0 radical (unpaired) electrons. The zero-order valence-corrected chi connectivity index (χ0v) is 19.2. The number of aliphatic carboxylic acids is 1. The maximum atomic E-state index is 11.0. The summed E-state index contributed by atoms with van der Waals surface area (Å²) in [7, 11) is -4.64. The number of rotatable bonds is 21. The summed E-state index contributed by atoms with van der Waals surface area (Å²) in [5.74, 6) is -1.20. The Morgan fingerprint density at radius 3 is 1.48 bits per heavy atom. The van der Waals surface area contributed by atoms with E-state index in [1.54, 1.807) is 0 Å². The van der Waals surface area contributed by atoms with Gasteiger partial charge in [0.05, 0.1) is 12.2 Å². The number of unbranched alkanes of at least 4 members (excludes halogenated alkanes) is 16. The maximum absolute atomic E-state index is 11.0. The molecule has 0 aromatic rings.